The normalized spacial score (nSPS) is 25.7. The molecule has 4 rings (SSSR count). The van der Waals surface area contributed by atoms with Gasteiger partial charge < -0.3 is 10.1 Å². The summed E-state index contributed by atoms with van der Waals surface area (Å²) in [5.41, 5.74) is -1.70. The molecule has 0 spiro atoms. The van der Waals surface area contributed by atoms with Crippen molar-refractivity contribution in [3.8, 4) is 0 Å². The molecule has 0 saturated heterocycles. The number of carbonyl (C=O) groups excluding carboxylic acids is 2. The Morgan fingerprint density at radius 3 is 2.54 bits per heavy atom. The Morgan fingerprint density at radius 1 is 1.21 bits per heavy atom. The molecular weight excluding hydrogens is 547 g/mol. The number of carbonyl (C=O) groups is 2. The van der Waals surface area contributed by atoms with Gasteiger partial charge in [-0.3, -0.25) is 15.1 Å². The minimum Gasteiger partial charge on any atom is -0.444 e. The number of amides is 2. The Hall–Kier alpha value is -3.12. The smallest absolute Gasteiger partial charge is 0.413 e. The number of aryl methyl sites for hydroxylation is 1. The van der Waals surface area contributed by atoms with E-state index in [0.29, 0.717) is 17.0 Å². The van der Waals surface area contributed by atoms with Crippen LogP contribution in [0.5, 0.6) is 0 Å². The fourth-order valence-corrected chi connectivity index (χ4v) is 8.23. The molecule has 0 radical (unpaired) electrons. The van der Waals surface area contributed by atoms with Crippen LogP contribution >= 0.6 is 11.6 Å². The summed E-state index contributed by atoms with van der Waals surface area (Å²) in [5, 5.41) is 4.97. The summed E-state index contributed by atoms with van der Waals surface area (Å²) in [4.78, 5) is 38.9. The molecule has 2 amide bonds. The van der Waals surface area contributed by atoms with Crippen LogP contribution in [0.15, 0.2) is 33.8 Å². The Morgan fingerprint density at radius 2 is 1.90 bits per heavy atom. The van der Waals surface area contributed by atoms with E-state index in [1.807, 2.05) is 0 Å². The van der Waals surface area contributed by atoms with Gasteiger partial charge in [0.05, 0.1) is 20.0 Å². The van der Waals surface area contributed by atoms with E-state index in [9.17, 15) is 13.8 Å². The number of aliphatic imine (C=N–C) groups is 1. The Kier molecular flexibility index (Phi) is 7.26. The second kappa shape index (κ2) is 9.81. The molecule has 2 aliphatic heterocycles. The van der Waals surface area contributed by atoms with Crippen molar-refractivity contribution in [1.82, 2.24) is 15.3 Å². The number of nitrogens with zero attached hydrogens (tertiary/aromatic N) is 4. The first kappa shape index (κ1) is 28.9. The van der Waals surface area contributed by atoms with Gasteiger partial charge in [0, 0.05) is 12.7 Å². The number of anilines is 1. The van der Waals surface area contributed by atoms with Crippen molar-refractivity contribution in [2.24, 2.45) is 9.36 Å². The number of ether oxygens (including phenoxy) is 1. The van der Waals surface area contributed by atoms with Crippen molar-refractivity contribution in [3.05, 3.63) is 52.2 Å². The van der Waals surface area contributed by atoms with Crippen LogP contribution in [0.25, 0.3) is 0 Å². The number of halogens is 2. The van der Waals surface area contributed by atoms with Gasteiger partial charge in [0.15, 0.2) is 0 Å². The molecule has 2 aromatic heterocycles. The number of fused-ring (bicyclic) bond motifs is 1. The summed E-state index contributed by atoms with van der Waals surface area (Å²) in [6.45, 7) is 12.1. The molecule has 0 saturated carbocycles. The zero-order valence-electron chi connectivity index (χ0n) is 22.9. The molecule has 4 heterocycles. The maximum atomic E-state index is 15.4. The van der Waals surface area contributed by atoms with Crippen LogP contribution in [-0.2, 0) is 20.0 Å². The largest absolute Gasteiger partial charge is 0.444 e. The number of rotatable bonds is 3. The zero-order valence-corrected chi connectivity index (χ0v) is 24.5. The van der Waals surface area contributed by atoms with Crippen molar-refractivity contribution in [2.45, 2.75) is 76.0 Å². The van der Waals surface area contributed by atoms with Crippen LogP contribution in [0.2, 0.25) is 5.02 Å². The average molecular weight is 579 g/mol. The monoisotopic (exact) mass is 578 g/mol. The number of amidine groups is 1. The van der Waals surface area contributed by atoms with Gasteiger partial charge in [-0.2, -0.15) is 0 Å². The van der Waals surface area contributed by atoms with Crippen LogP contribution < -0.4 is 10.6 Å². The highest BCUT2D eigenvalue weighted by atomic mass is 35.5. The maximum absolute atomic E-state index is 15.4. The lowest BCUT2D eigenvalue weighted by atomic mass is 9.89. The number of nitrogens with one attached hydrogen (secondary N) is 2. The molecule has 0 aliphatic carbocycles. The number of pyridine rings is 2. The van der Waals surface area contributed by atoms with E-state index >= 15 is 4.39 Å². The van der Waals surface area contributed by atoms with E-state index in [1.165, 1.54) is 12.3 Å². The highest BCUT2D eigenvalue weighted by Gasteiger charge is 2.58. The predicted octanol–water partition coefficient (Wildman–Crippen LogP) is 5.00. The minimum absolute atomic E-state index is 0.0527. The number of hydrogen-bond acceptors (Lipinski definition) is 8. The first-order valence-corrected chi connectivity index (χ1v) is 14.4. The van der Waals surface area contributed by atoms with E-state index in [0.717, 1.165) is 6.07 Å². The molecule has 2 N–H and O–H groups in total. The van der Waals surface area contributed by atoms with E-state index in [4.69, 9.17) is 21.3 Å². The molecule has 0 aromatic carbocycles. The summed E-state index contributed by atoms with van der Waals surface area (Å²) < 4.78 is 38.6. The van der Waals surface area contributed by atoms with Crippen molar-refractivity contribution in [3.63, 3.8) is 0 Å². The molecule has 210 valence electrons. The molecule has 0 fully saturated rings. The van der Waals surface area contributed by atoms with Gasteiger partial charge in [-0.25, -0.2) is 27.7 Å². The number of hydrogen-bond donors (Lipinski definition) is 2. The van der Waals surface area contributed by atoms with Crippen LogP contribution in [-0.4, -0.2) is 54.2 Å². The molecule has 0 unspecified atom stereocenters. The van der Waals surface area contributed by atoms with Crippen LogP contribution in [0, 0.1) is 12.7 Å². The fraction of sp³-hybridized carbons (Fsp3) is 0.500. The standard InChI is InChI=1S/C26H32ClFN6O4S/c1-14-12-15(27)13-29-19(14)21(35)32-18-9-8-16(28)20(31-18)26(7)17-10-11-30-39(17,37)25(5,6)22(34-26)33-23(36)38-24(2,3)4/h8-9,12-13,17H,10-11H2,1-7H3,(H,31,32,35)(H,33,34,36)/t17-,26+,39+/m1/s1. The molecule has 2 aromatic rings. The molecular formula is C26H32ClFN6O4S. The summed E-state index contributed by atoms with van der Waals surface area (Å²) in [7, 11) is -3.07. The zero-order chi connectivity index (χ0) is 29.0. The van der Waals surface area contributed by atoms with Gasteiger partial charge in [-0.15, -0.1) is 0 Å². The lowest BCUT2D eigenvalue weighted by molar-refractivity contribution is 0.0560. The van der Waals surface area contributed by atoms with Gasteiger partial charge >= 0.3 is 6.09 Å². The molecule has 10 nitrogen and oxygen atoms in total. The third-order valence-electron chi connectivity index (χ3n) is 6.78. The fourth-order valence-electron chi connectivity index (χ4n) is 4.85. The summed E-state index contributed by atoms with van der Waals surface area (Å²) in [5.74, 6) is -1.15. The quantitative estimate of drug-likeness (QED) is 0.526. The second-order valence-corrected chi connectivity index (χ2v) is 14.7. The van der Waals surface area contributed by atoms with E-state index in [-0.39, 0.29) is 29.6 Å². The third kappa shape index (κ3) is 5.23. The Bertz CT molecular complexity index is 1510. The summed E-state index contributed by atoms with van der Waals surface area (Å²) in [6.07, 6.45) is 0.955. The van der Waals surface area contributed by atoms with Crippen molar-refractivity contribution >= 4 is 45.0 Å². The van der Waals surface area contributed by atoms with Gasteiger partial charge in [0.2, 0.25) is 0 Å². The molecule has 39 heavy (non-hydrogen) atoms. The SMILES string of the molecule is Cc1cc(Cl)cnc1C(=O)Nc1ccc(F)c([C@@]2(C)N=C(NC(=O)OC(C)(C)C)C(C)(C)[S@]3(=O)=NCC[C@H]23)n1. The van der Waals surface area contributed by atoms with Crippen LogP contribution in [0.1, 0.15) is 69.7 Å². The van der Waals surface area contributed by atoms with Crippen LogP contribution in [0.4, 0.5) is 15.0 Å². The second-order valence-electron chi connectivity index (χ2n) is 11.2. The molecule has 0 bridgehead atoms. The Balaban J connectivity index is 1.78. The summed E-state index contributed by atoms with van der Waals surface area (Å²) in [6, 6.07) is 4.08. The van der Waals surface area contributed by atoms with E-state index in [1.54, 1.807) is 54.5 Å². The number of aromatic nitrogens is 2. The predicted molar refractivity (Wildman–Crippen MR) is 148 cm³/mol. The topological polar surface area (TPSA) is 135 Å². The van der Waals surface area contributed by atoms with Gasteiger partial charge in [-0.1, -0.05) is 11.6 Å². The molecule has 3 atom stereocenters. The van der Waals surface area contributed by atoms with Gasteiger partial charge in [0.25, 0.3) is 5.91 Å². The lowest BCUT2D eigenvalue weighted by Gasteiger charge is -2.44. The number of alkyl carbamates (subject to hydrolysis) is 1. The molecule has 2 aliphatic rings. The van der Waals surface area contributed by atoms with Crippen LogP contribution in [0.3, 0.4) is 0 Å². The van der Waals surface area contributed by atoms with Crippen molar-refractivity contribution in [1.29, 1.82) is 0 Å². The van der Waals surface area contributed by atoms with Crippen molar-refractivity contribution in [2.75, 3.05) is 11.9 Å². The minimum atomic E-state index is -3.07. The van der Waals surface area contributed by atoms with E-state index < -0.39 is 48.7 Å². The third-order valence-corrected chi connectivity index (χ3v) is 10.7. The summed E-state index contributed by atoms with van der Waals surface area (Å²) >= 11 is 5.95. The highest BCUT2D eigenvalue weighted by Crippen LogP contribution is 2.47. The average Bonchev–Trinajstić information content (AvgIpc) is 3.22. The van der Waals surface area contributed by atoms with Gasteiger partial charge in [0.1, 0.15) is 44.7 Å². The molecule has 13 heteroatoms. The van der Waals surface area contributed by atoms with E-state index in [2.05, 4.69) is 25.0 Å². The maximum Gasteiger partial charge on any atom is 0.413 e. The first-order chi connectivity index (χ1) is 18.0. The Labute approximate surface area is 232 Å². The lowest BCUT2D eigenvalue weighted by Crippen LogP contribution is -2.61. The van der Waals surface area contributed by atoms with Gasteiger partial charge in [-0.05, 0) is 78.6 Å². The van der Waals surface area contributed by atoms with Crippen molar-refractivity contribution < 1.29 is 22.9 Å². The highest BCUT2D eigenvalue weighted by molar-refractivity contribution is 7.96. The first-order valence-electron chi connectivity index (χ1n) is 12.4.